The minimum atomic E-state index is 0.424. The van der Waals surface area contributed by atoms with E-state index in [9.17, 15) is 0 Å². The van der Waals surface area contributed by atoms with Crippen molar-refractivity contribution in [2.24, 2.45) is 0 Å². The monoisotopic (exact) mass is 850 g/mol. The van der Waals surface area contributed by atoms with Crippen molar-refractivity contribution in [3.05, 3.63) is 156 Å². The van der Waals surface area contributed by atoms with Gasteiger partial charge in [-0.1, -0.05) is 36.4 Å². The smallest absolute Gasteiger partial charge is 0.135 e. The topological polar surface area (TPSA) is 94.3 Å². The molecule has 3 aromatic heterocycles. The minimum Gasteiger partial charge on any atom is -0.490 e. The fraction of sp³-hybridized carbons (Fsp3) is 0.185. The van der Waals surface area contributed by atoms with Crippen LogP contribution in [0, 0.1) is 0 Å². The summed E-state index contributed by atoms with van der Waals surface area (Å²) in [6.07, 6.45) is 8.26. The predicted molar refractivity (Wildman–Crippen MR) is 264 cm³/mol. The lowest BCUT2D eigenvalue weighted by atomic mass is 10.0. The average Bonchev–Trinajstić information content (AvgIpc) is 4.13. The molecule has 9 rings (SSSR count). The molecule has 7 aromatic rings. The summed E-state index contributed by atoms with van der Waals surface area (Å²) in [4.78, 5) is 17.5. The lowest BCUT2D eigenvalue weighted by molar-refractivity contribution is 0.217. The first-order valence-corrected chi connectivity index (χ1v) is 21.6. The molecule has 10 heteroatoms. The van der Waals surface area contributed by atoms with Crippen molar-refractivity contribution in [1.29, 1.82) is 0 Å². The van der Waals surface area contributed by atoms with Gasteiger partial charge in [-0.25, -0.2) is 9.97 Å². The van der Waals surface area contributed by atoms with Gasteiger partial charge in [-0.15, -0.1) is 0 Å². The Balaban J connectivity index is 0.954. The molecule has 0 spiro atoms. The van der Waals surface area contributed by atoms with Crippen molar-refractivity contribution in [3.8, 4) is 45.3 Å². The Morgan fingerprint density at radius 3 is 1.19 bits per heavy atom. The van der Waals surface area contributed by atoms with Crippen molar-refractivity contribution in [3.63, 3.8) is 0 Å². The fourth-order valence-corrected chi connectivity index (χ4v) is 7.74. The maximum absolute atomic E-state index is 6.10. The van der Waals surface area contributed by atoms with E-state index in [0.29, 0.717) is 26.4 Å². The third-order valence-electron chi connectivity index (χ3n) is 11.1. The summed E-state index contributed by atoms with van der Waals surface area (Å²) in [5.41, 5.74) is 13.5. The summed E-state index contributed by atoms with van der Waals surface area (Å²) < 4.78 is 25.7. The molecule has 0 radical (unpaired) electrons. The molecule has 4 aromatic carbocycles. The van der Waals surface area contributed by atoms with Gasteiger partial charge >= 0.3 is 0 Å². The van der Waals surface area contributed by atoms with Gasteiger partial charge in [0, 0.05) is 45.3 Å². The lowest BCUT2D eigenvalue weighted by Crippen LogP contribution is -2.34. The van der Waals surface area contributed by atoms with Crippen LogP contribution in [-0.2, 0) is 0 Å². The van der Waals surface area contributed by atoms with Crippen LogP contribution >= 0.6 is 0 Å². The van der Waals surface area contributed by atoms with Crippen LogP contribution in [0.4, 0.5) is 11.4 Å². The van der Waals surface area contributed by atoms with Crippen LogP contribution in [0.25, 0.3) is 68.6 Å². The van der Waals surface area contributed by atoms with Gasteiger partial charge in [0.05, 0.1) is 65.1 Å². The summed E-state index contributed by atoms with van der Waals surface area (Å²) in [6.45, 7) is 1.72. The Kier molecular flexibility index (Phi) is 11.6. The van der Waals surface area contributed by atoms with Gasteiger partial charge in [-0.3, -0.25) is 8.97 Å². The van der Waals surface area contributed by atoms with E-state index in [2.05, 4.69) is 161 Å². The lowest BCUT2D eigenvalue weighted by Gasteiger charge is -2.23. The molecule has 0 saturated heterocycles. The Labute approximate surface area is 374 Å². The second-order valence-corrected chi connectivity index (χ2v) is 17.7. The van der Waals surface area contributed by atoms with Crippen LogP contribution in [-0.4, -0.2) is 88.6 Å². The average molecular weight is 851 g/mol. The van der Waals surface area contributed by atoms with E-state index in [1.165, 1.54) is 11.4 Å². The van der Waals surface area contributed by atoms with E-state index in [4.69, 9.17) is 28.9 Å². The van der Waals surface area contributed by atoms with E-state index < -0.39 is 0 Å². The maximum atomic E-state index is 6.10. The Morgan fingerprint density at radius 2 is 0.797 bits per heavy atom. The number of quaternary nitrogens is 2. The first-order valence-electron chi connectivity index (χ1n) is 21.6. The fourth-order valence-electron chi connectivity index (χ4n) is 7.74. The van der Waals surface area contributed by atoms with Crippen molar-refractivity contribution in [2.45, 2.75) is 0 Å². The van der Waals surface area contributed by atoms with E-state index in [1.807, 2.05) is 48.5 Å². The highest BCUT2D eigenvalue weighted by Crippen LogP contribution is 2.34. The zero-order valence-electron chi connectivity index (χ0n) is 37.3. The molecule has 0 saturated carbocycles. The molecule has 322 valence electrons. The second-order valence-electron chi connectivity index (χ2n) is 17.7. The van der Waals surface area contributed by atoms with E-state index in [-0.39, 0.29) is 0 Å². The molecule has 0 aliphatic carbocycles. The molecule has 0 fully saturated rings. The van der Waals surface area contributed by atoms with Gasteiger partial charge in [-0.2, -0.15) is 0 Å². The highest BCUT2D eigenvalue weighted by Gasteiger charge is 2.16. The quantitative estimate of drug-likeness (QED) is 0.0836. The Hall–Kier alpha value is -7.40. The molecular weight excluding hydrogens is 797 g/mol. The summed E-state index contributed by atoms with van der Waals surface area (Å²) in [6, 6.07) is 45.2. The molecule has 5 heterocycles. The Bertz CT molecular complexity index is 2820. The molecule has 0 unspecified atom stereocenters. The van der Waals surface area contributed by atoms with Crippen molar-refractivity contribution in [1.82, 2.24) is 28.9 Å². The number of ether oxygens (including phenoxy) is 4. The number of rotatable bonds is 14. The maximum Gasteiger partial charge on any atom is 0.135 e. The zero-order chi connectivity index (χ0) is 44.3. The van der Waals surface area contributed by atoms with E-state index in [0.717, 1.165) is 99.1 Å². The highest BCUT2D eigenvalue weighted by atomic mass is 16.5. The third-order valence-corrected chi connectivity index (χ3v) is 11.1. The molecule has 10 nitrogen and oxygen atoms in total. The van der Waals surface area contributed by atoms with Gasteiger partial charge in [0.15, 0.2) is 0 Å². The number of aromatic amines is 2. The van der Waals surface area contributed by atoms with Crippen LogP contribution < -0.4 is 27.9 Å². The van der Waals surface area contributed by atoms with Crippen LogP contribution in [0.2, 0.25) is 0 Å². The number of nitrogens with one attached hydrogen (secondary N) is 2. The number of fused-ring (bicyclic) bond motifs is 8. The van der Waals surface area contributed by atoms with Crippen LogP contribution in [0.1, 0.15) is 22.8 Å². The van der Waals surface area contributed by atoms with Gasteiger partial charge in [0.25, 0.3) is 0 Å². The summed E-state index contributed by atoms with van der Waals surface area (Å²) in [5.74, 6) is 3.21. The molecule has 2 aliphatic rings. The van der Waals surface area contributed by atoms with Crippen LogP contribution in [0.15, 0.2) is 133 Å². The highest BCUT2D eigenvalue weighted by molar-refractivity contribution is 5.93. The van der Waals surface area contributed by atoms with Crippen molar-refractivity contribution < 1.29 is 18.9 Å². The molecule has 0 amide bonds. The number of hydrogen-bond donors (Lipinski definition) is 2. The first-order chi connectivity index (χ1) is 30.9. The number of H-pyrrole nitrogens is 2. The van der Waals surface area contributed by atoms with Gasteiger partial charge < -0.3 is 28.9 Å². The number of benzene rings is 4. The minimum absolute atomic E-state index is 0.424. The predicted octanol–water partition coefficient (Wildman–Crippen LogP) is 11.3. The first kappa shape index (κ1) is 41.9. The Morgan fingerprint density at radius 1 is 0.406 bits per heavy atom. The second kappa shape index (κ2) is 17.8. The van der Waals surface area contributed by atoms with Crippen LogP contribution in [0.3, 0.4) is 0 Å². The normalized spacial score (nSPS) is 12.3. The van der Waals surface area contributed by atoms with Crippen LogP contribution in [0.5, 0.6) is 23.0 Å². The van der Waals surface area contributed by atoms with Crippen molar-refractivity contribution >= 4 is 57.7 Å². The van der Waals surface area contributed by atoms with Crippen molar-refractivity contribution in [2.75, 3.05) is 68.7 Å². The number of nitrogens with zero attached hydrogens (tertiary/aromatic N) is 4. The summed E-state index contributed by atoms with van der Waals surface area (Å²) >= 11 is 0. The molecule has 2 N–H and O–H groups in total. The molecule has 2 aliphatic heterocycles. The SMILES string of the molecule is C[N+](C)(C)c1cccc(OCCOc2ccc(-c3c4nc(cc5ccc([nH]5)c(-c5ccc(OCCOc6cccc([N+](C)(C)C)c6)cc5)c5nc(cc6ccc3[nH]6)C=C5)C=C4)cc2)c1. The van der Waals surface area contributed by atoms with E-state index in [1.54, 1.807) is 0 Å². The molecule has 8 bridgehead atoms. The summed E-state index contributed by atoms with van der Waals surface area (Å²) in [5, 5.41) is 0. The zero-order valence-corrected chi connectivity index (χ0v) is 37.3. The largest absolute Gasteiger partial charge is 0.490 e. The standard InChI is InChI=1S/C54H54N6O4/c1-59(2,3)43-9-7-11-47(35-43)63-31-29-61-45-21-13-37(14-22-45)53-49-25-17-39(55-49)33-41-19-27-51(57-41)54(52-28-20-42(58-52)34-40-18-26-50(53)56-40)38-15-23-46(24-16-38)62-30-32-64-48-12-8-10-44(36-48)60(4,5)6/h7-28,33-36,55,58H,29-32H2,1-6H3/q+2. The molecule has 0 atom stereocenters. The van der Waals surface area contributed by atoms with Gasteiger partial charge in [0.1, 0.15) is 60.8 Å². The third kappa shape index (κ3) is 9.79. The van der Waals surface area contributed by atoms with Gasteiger partial charge in [-0.05, 0) is 120 Å². The van der Waals surface area contributed by atoms with Gasteiger partial charge in [0.2, 0.25) is 0 Å². The molecular formula is C54H54N6O4+2. The number of hydrogen-bond acceptors (Lipinski definition) is 6. The van der Waals surface area contributed by atoms with E-state index >= 15 is 0 Å². The molecule has 64 heavy (non-hydrogen) atoms. The summed E-state index contributed by atoms with van der Waals surface area (Å²) in [7, 11) is 12.8. The number of aromatic nitrogens is 4.